The van der Waals surface area contributed by atoms with E-state index < -0.39 is 0 Å². The Morgan fingerprint density at radius 2 is 1.60 bits per heavy atom. The maximum absolute atomic E-state index is 11.7. The number of rotatable bonds is 9. The Morgan fingerprint density at radius 3 is 2.00 bits per heavy atom. The number of amides is 1. The average molecular weight is 215 g/mol. The molecule has 3 nitrogen and oxygen atoms in total. The molecule has 0 heterocycles. The van der Waals surface area contributed by atoms with Gasteiger partial charge in [0.2, 0.25) is 5.91 Å². The molecule has 0 aliphatic heterocycles. The Kier molecular flexibility index (Phi) is 9.59. The number of carbonyl (C=O) groups excluding carboxylic acids is 1. The summed E-state index contributed by atoms with van der Waals surface area (Å²) in [5.74, 6) is 0.200. The lowest BCUT2D eigenvalue weighted by Gasteiger charge is -2.22. The molecule has 0 saturated heterocycles. The first-order valence-electron chi connectivity index (χ1n) is 6.14. The van der Waals surface area contributed by atoms with Crippen LogP contribution in [0.3, 0.4) is 0 Å². The predicted octanol–water partition coefficient (Wildman–Crippen LogP) is 2.19. The summed E-state index contributed by atoms with van der Waals surface area (Å²) in [4.78, 5) is 13.7. The molecule has 3 heteroatoms. The summed E-state index contributed by atoms with van der Waals surface area (Å²) in [5.41, 5.74) is 0. The Morgan fingerprint density at radius 1 is 1.07 bits per heavy atom. The minimum atomic E-state index is 0.112. The van der Waals surface area contributed by atoms with Crippen LogP contribution >= 0.6 is 0 Å². The van der Waals surface area contributed by atoms with Crippen molar-refractivity contribution >= 4 is 5.91 Å². The zero-order valence-corrected chi connectivity index (χ0v) is 10.2. The maximum Gasteiger partial charge on any atom is 0.222 e. The monoisotopic (exact) mass is 215 g/mol. The van der Waals surface area contributed by atoms with Crippen LogP contribution in [-0.4, -0.2) is 35.6 Å². The second-order valence-electron chi connectivity index (χ2n) is 3.92. The van der Waals surface area contributed by atoms with Crippen molar-refractivity contribution in [1.82, 2.24) is 4.90 Å². The third-order valence-corrected chi connectivity index (χ3v) is 2.46. The van der Waals surface area contributed by atoms with Crippen LogP contribution < -0.4 is 0 Å². The number of nitrogens with zero attached hydrogens (tertiary/aromatic N) is 1. The molecule has 0 fully saturated rings. The minimum absolute atomic E-state index is 0.112. The van der Waals surface area contributed by atoms with E-state index in [4.69, 9.17) is 5.11 Å². The Bertz CT molecular complexity index is 152. The molecule has 0 radical (unpaired) electrons. The van der Waals surface area contributed by atoms with E-state index in [0.29, 0.717) is 12.8 Å². The van der Waals surface area contributed by atoms with Gasteiger partial charge in [-0.15, -0.1) is 0 Å². The first-order valence-corrected chi connectivity index (χ1v) is 6.14. The highest BCUT2D eigenvalue weighted by molar-refractivity contribution is 5.76. The van der Waals surface area contributed by atoms with Gasteiger partial charge in [-0.05, 0) is 19.3 Å². The van der Waals surface area contributed by atoms with E-state index in [1.54, 1.807) is 0 Å². The van der Waals surface area contributed by atoms with E-state index >= 15 is 0 Å². The average Bonchev–Trinajstić information content (AvgIpc) is 2.26. The number of unbranched alkanes of at least 4 members (excludes halogenated alkanes) is 2. The summed E-state index contributed by atoms with van der Waals surface area (Å²) in [6.45, 7) is 6.13. The van der Waals surface area contributed by atoms with Gasteiger partial charge < -0.3 is 10.0 Å². The highest BCUT2D eigenvalue weighted by Crippen LogP contribution is 2.03. The Hall–Kier alpha value is -0.570. The van der Waals surface area contributed by atoms with Crippen LogP contribution in [0, 0.1) is 0 Å². The van der Waals surface area contributed by atoms with Gasteiger partial charge in [-0.2, -0.15) is 0 Å². The topological polar surface area (TPSA) is 40.5 Å². The number of hydrogen-bond acceptors (Lipinski definition) is 2. The standard InChI is InChI=1S/C12H25NO2/c1-3-5-9-13(10-6-4-2)12(15)8-7-11-14/h14H,3-11H2,1-2H3. The zero-order valence-electron chi connectivity index (χ0n) is 10.2. The SMILES string of the molecule is CCCCN(CCCC)C(=O)CCCO. The van der Waals surface area contributed by atoms with Gasteiger partial charge in [-0.3, -0.25) is 4.79 Å². The summed E-state index contributed by atoms with van der Waals surface area (Å²) in [6.07, 6.45) is 5.48. The number of carbonyl (C=O) groups is 1. The summed E-state index contributed by atoms with van der Waals surface area (Å²) in [6, 6.07) is 0. The predicted molar refractivity (Wildman–Crippen MR) is 62.7 cm³/mol. The van der Waals surface area contributed by atoms with Crippen molar-refractivity contribution in [1.29, 1.82) is 0 Å². The molecule has 0 aromatic heterocycles. The highest BCUT2D eigenvalue weighted by Gasteiger charge is 2.11. The van der Waals surface area contributed by atoms with Gasteiger partial charge in [-0.25, -0.2) is 0 Å². The van der Waals surface area contributed by atoms with E-state index in [2.05, 4.69) is 13.8 Å². The maximum atomic E-state index is 11.7. The lowest BCUT2D eigenvalue weighted by Crippen LogP contribution is -2.32. The lowest BCUT2D eigenvalue weighted by atomic mass is 10.2. The molecular formula is C12H25NO2. The molecule has 0 aliphatic carbocycles. The zero-order chi connectivity index (χ0) is 11.5. The fourth-order valence-corrected chi connectivity index (χ4v) is 1.45. The molecule has 0 atom stereocenters. The van der Waals surface area contributed by atoms with Crippen molar-refractivity contribution in [3.63, 3.8) is 0 Å². The van der Waals surface area contributed by atoms with Crippen molar-refractivity contribution in [2.75, 3.05) is 19.7 Å². The normalized spacial score (nSPS) is 10.3. The van der Waals surface area contributed by atoms with Gasteiger partial charge in [0, 0.05) is 26.1 Å². The molecule has 0 aliphatic rings. The van der Waals surface area contributed by atoms with Crippen LogP contribution in [0.5, 0.6) is 0 Å². The second kappa shape index (κ2) is 9.97. The summed E-state index contributed by atoms with van der Waals surface area (Å²) in [7, 11) is 0. The van der Waals surface area contributed by atoms with E-state index in [1.165, 1.54) is 0 Å². The van der Waals surface area contributed by atoms with Crippen LogP contribution in [0.25, 0.3) is 0 Å². The van der Waals surface area contributed by atoms with Crippen molar-refractivity contribution in [3.05, 3.63) is 0 Å². The lowest BCUT2D eigenvalue weighted by molar-refractivity contribution is -0.131. The molecule has 0 rings (SSSR count). The molecule has 90 valence electrons. The fraction of sp³-hybridized carbons (Fsp3) is 0.917. The quantitative estimate of drug-likeness (QED) is 0.640. The van der Waals surface area contributed by atoms with Gasteiger partial charge in [0.15, 0.2) is 0 Å². The largest absolute Gasteiger partial charge is 0.396 e. The smallest absolute Gasteiger partial charge is 0.222 e. The second-order valence-corrected chi connectivity index (χ2v) is 3.92. The van der Waals surface area contributed by atoms with Crippen molar-refractivity contribution in [2.45, 2.75) is 52.4 Å². The van der Waals surface area contributed by atoms with E-state index in [9.17, 15) is 4.79 Å². The van der Waals surface area contributed by atoms with Crippen LogP contribution in [0.15, 0.2) is 0 Å². The summed E-state index contributed by atoms with van der Waals surface area (Å²) < 4.78 is 0. The van der Waals surface area contributed by atoms with Gasteiger partial charge >= 0.3 is 0 Å². The van der Waals surface area contributed by atoms with Gasteiger partial charge in [0.25, 0.3) is 0 Å². The molecule has 15 heavy (non-hydrogen) atoms. The van der Waals surface area contributed by atoms with Crippen molar-refractivity contribution in [3.8, 4) is 0 Å². The van der Waals surface area contributed by atoms with Crippen LogP contribution in [0.1, 0.15) is 52.4 Å². The molecule has 0 bridgehead atoms. The first kappa shape index (κ1) is 14.4. The molecule has 1 amide bonds. The van der Waals surface area contributed by atoms with Gasteiger partial charge in [-0.1, -0.05) is 26.7 Å². The fourth-order valence-electron chi connectivity index (χ4n) is 1.45. The number of aliphatic hydroxyl groups excluding tert-OH is 1. The van der Waals surface area contributed by atoms with Gasteiger partial charge in [0.1, 0.15) is 0 Å². The molecule has 1 N–H and O–H groups in total. The van der Waals surface area contributed by atoms with Crippen LogP contribution in [-0.2, 0) is 4.79 Å². The van der Waals surface area contributed by atoms with E-state index in [1.807, 2.05) is 4.90 Å². The molecule has 0 spiro atoms. The highest BCUT2D eigenvalue weighted by atomic mass is 16.3. The van der Waals surface area contributed by atoms with Crippen LogP contribution in [0.2, 0.25) is 0 Å². The molecule has 0 aromatic rings. The van der Waals surface area contributed by atoms with Crippen molar-refractivity contribution in [2.24, 2.45) is 0 Å². The Balaban J connectivity index is 3.90. The number of hydrogen-bond donors (Lipinski definition) is 1. The number of aliphatic hydroxyl groups is 1. The van der Waals surface area contributed by atoms with E-state index in [0.717, 1.165) is 38.8 Å². The van der Waals surface area contributed by atoms with Gasteiger partial charge in [0.05, 0.1) is 0 Å². The third kappa shape index (κ3) is 7.37. The van der Waals surface area contributed by atoms with E-state index in [-0.39, 0.29) is 12.5 Å². The molecule has 0 aromatic carbocycles. The summed E-state index contributed by atoms with van der Waals surface area (Å²) >= 11 is 0. The molecular weight excluding hydrogens is 190 g/mol. The molecule has 0 saturated carbocycles. The van der Waals surface area contributed by atoms with Crippen LogP contribution in [0.4, 0.5) is 0 Å². The Labute approximate surface area is 93.5 Å². The first-order chi connectivity index (χ1) is 7.26. The minimum Gasteiger partial charge on any atom is -0.396 e. The van der Waals surface area contributed by atoms with Crippen molar-refractivity contribution < 1.29 is 9.90 Å². The molecule has 0 unspecified atom stereocenters. The third-order valence-electron chi connectivity index (χ3n) is 2.46. The summed E-state index contributed by atoms with van der Waals surface area (Å²) in [5, 5.41) is 8.68.